The molecule has 6 nitrogen and oxygen atoms in total. The summed E-state index contributed by atoms with van der Waals surface area (Å²) in [6.07, 6.45) is 5.61. The molecule has 2 heterocycles. The molecular weight excluding hydrogens is 340 g/mol. The molecule has 1 amide bonds. The number of aryl methyl sites for hydroxylation is 1. The SMILES string of the molecule is CCCCOc1ccc(C(=O)NCc2cc(-c3ccncc3)n(C)n2)cc1. The predicted molar refractivity (Wildman–Crippen MR) is 104 cm³/mol. The van der Waals surface area contributed by atoms with Crippen molar-refractivity contribution in [2.24, 2.45) is 7.05 Å². The maximum atomic E-state index is 12.4. The van der Waals surface area contributed by atoms with E-state index in [0.717, 1.165) is 35.5 Å². The van der Waals surface area contributed by atoms with E-state index < -0.39 is 0 Å². The van der Waals surface area contributed by atoms with Gasteiger partial charge in [0.2, 0.25) is 0 Å². The van der Waals surface area contributed by atoms with Crippen molar-refractivity contribution in [1.82, 2.24) is 20.1 Å². The number of ether oxygens (including phenoxy) is 1. The standard InChI is InChI=1S/C21H24N4O2/c1-3-4-13-27-19-7-5-17(6-8-19)21(26)23-15-18-14-20(25(2)24-18)16-9-11-22-12-10-16/h5-12,14H,3-4,13,15H2,1-2H3,(H,23,26). The van der Waals surface area contributed by atoms with Crippen LogP contribution in [0.25, 0.3) is 11.3 Å². The molecule has 0 aliphatic carbocycles. The molecule has 0 bridgehead atoms. The Balaban J connectivity index is 1.58. The molecule has 3 aromatic rings. The van der Waals surface area contributed by atoms with Crippen LogP contribution in [0.15, 0.2) is 54.9 Å². The zero-order valence-corrected chi connectivity index (χ0v) is 15.7. The minimum Gasteiger partial charge on any atom is -0.494 e. The zero-order valence-electron chi connectivity index (χ0n) is 15.7. The molecule has 0 radical (unpaired) electrons. The average Bonchev–Trinajstić information content (AvgIpc) is 3.08. The Kier molecular flexibility index (Phi) is 6.20. The summed E-state index contributed by atoms with van der Waals surface area (Å²) in [5.41, 5.74) is 3.42. The summed E-state index contributed by atoms with van der Waals surface area (Å²) in [6.45, 7) is 3.19. The summed E-state index contributed by atoms with van der Waals surface area (Å²) < 4.78 is 7.42. The van der Waals surface area contributed by atoms with E-state index in [-0.39, 0.29) is 5.91 Å². The fraction of sp³-hybridized carbons (Fsp3) is 0.286. The van der Waals surface area contributed by atoms with Gasteiger partial charge in [0.25, 0.3) is 5.91 Å². The number of amides is 1. The van der Waals surface area contributed by atoms with Crippen molar-refractivity contribution in [2.75, 3.05) is 6.61 Å². The van der Waals surface area contributed by atoms with E-state index in [2.05, 4.69) is 22.3 Å². The van der Waals surface area contributed by atoms with Gasteiger partial charge in [-0.3, -0.25) is 14.5 Å². The van der Waals surface area contributed by atoms with E-state index in [1.165, 1.54) is 0 Å². The number of benzene rings is 1. The van der Waals surface area contributed by atoms with Crippen LogP contribution >= 0.6 is 0 Å². The van der Waals surface area contributed by atoms with Crippen molar-refractivity contribution in [3.05, 3.63) is 66.1 Å². The highest BCUT2D eigenvalue weighted by atomic mass is 16.5. The van der Waals surface area contributed by atoms with Crippen LogP contribution in [0.3, 0.4) is 0 Å². The molecule has 2 aromatic heterocycles. The van der Waals surface area contributed by atoms with Crippen molar-refractivity contribution in [3.63, 3.8) is 0 Å². The van der Waals surface area contributed by atoms with Crippen molar-refractivity contribution in [3.8, 4) is 17.0 Å². The minimum atomic E-state index is -0.133. The molecule has 3 rings (SSSR count). The van der Waals surface area contributed by atoms with Crippen LogP contribution in [-0.4, -0.2) is 27.3 Å². The van der Waals surface area contributed by atoms with Crippen LogP contribution in [-0.2, 0) is 13.6 Å². The van der Waals surface area contributed by atoms with Crippen LogP contribution in [0.2, 0.25) is 0 Å². The maximum absolute atomic E-state index is 12.4. The lowest BCUT2D eigenvalue weighted by Crippen LogP contribution is -2.23. The van der Waals surface area contributed by atoms with Crippen molar-refractivity contribution >= 4 is 5.91 Å². The highest BCUT2D eigenvalue weighted by Gasteiger charge is 2.10. The summed E-state index contributed by atoms with van der Waals surface area (Å²) in [6, 6.07) is 13.0. The molecular formula is C21H24N4O2. The second kappa shape index (κ2) is 8.98. The minimum absolute atomic E-state index is 0.133. The summed E-state index contributed by atoms with van der Waals surface area (Å²) in [7, 11) is 1.89. The Morgan fingerprint density at radius 3 is 2.59 bits per heavy atom. The molecule has 0 atom stereocenters. The Hall–Kier alpha value is -3.15. The Morgan fingerprint density at radius 1 is 1.15 bits per heavy atom. The lowest BCUT2D eigenvalue weighted by Gasteiger charge is -2.07. The highest BCUT2D eigenvalue weighted by Crippen LogP contribution is 2.19. The van der Waals surface area contributed by atoms with E-state index >= 15 is 0 Å². The van der Waals surface area contributed by atoms with E-state index in [1.54, 1.807) is 29.2 Å². The van der Waals surface area contributed by atoms with Gasteiger partial charge in [0.15, 0.2) is 0 Å². The van der Waals surface area contributed by atoms with Gasteiger partial charge >= 0.3 is 0 Å². The second-order valence-electron chi connectivity index (χ2n) is 6.29. The van der Waals surface area contributed by atoms with Crippen LogP contribution in [0.1, 0.15) is 35.8 Å². The third kappa shape index (κ3) is 4.94. The van der Waals surface area contributed by atoms with Gasteiger partial charge < -0.3 is 10.1 Å². The van der Waals surface area contributed by atoms with Gasteiger partial charge in [-0.15, -0.1) is 0 Å². The molecule has 0 saturated heterocycles. The quantitative estimate of drug-likeness (QED) is 0.620. The summed E-state index contributed by atoms with van der Waals surface area (Å²) in [5.74, 6) is 0.651. The lowest BCUT2D eigenvalue weighted by atomic mass is 10.2. The molecule has 1 N–H and O–H groups in total. The van der Waals surface area contributed by atoms with Gasteiger partial charge in [0.1, 0.15) is 5.75 Å². The summed E-state index contributed by atoms with van der Waals surface area (Å²) in [5, 5.41) is 7.38. The zero-order chi connectivity index (χ0) is 19.1. The van der Waals surface area contributed by atoms with Gasteiger partial charge in [-0.25, -0.2) is 0 Å². The van der Waals surface area contributed by atoms with Gasteiger partial charge in [-0.05, 0) is 48.9 Å². The molecule has 0 aliphatic rings. The van der Waals surface area contributed by atoms with Crippen molar-refractivity contribution in [2.45, 2.75) is 26.3 Å². The van der Waals surface area contributed by atoms with Crippen molar-refractivity contribution in [1.29, 1.82) is 0 Å². The molecule has 140 valence electrons. The number of carbonyl (C=O) groups is 1. The number of nitrogens with zero attached hydrogens (tertiary/aromatic N) is 3. The highest BCUT2D eigenvalue weighted by molar-refractivity contribution is 5.94. The smallest absolute Gasteiger partial charge is 0.251 e. The van der Waals surface area contributed by atoms with Crippen molar-refractivity contribution < 1.29 is 9.53 Å². The number of pyridine rings is 1. The molecule has 0 unspecified atom stereocenters. The summed E-state index contributed by atoms with van der Waals surface area (Å²) in [4.78, 5) is 16.4. The first kappa shape index (κ1) is 18.6. The first-order valence-corrected chi connectivity index (χ1v) is 9.11. The third-order valence-electron chi connectivity index (χ3n) is 4.22. The van der Waals surface area contributed by atoms with E-state index in [0.29, 0.717) is 18.7 Å². The molecule has 1 aromatic carbocycles. The molecule has 0 saturated carbocycles. The van der Waals surface area contributed by atoms with Gasteiger partial charge in [0.05, 0.1) is 24.5 Å². The Labute approximate surface area is 159 Å². The monoisotopic (exact) mass is 364 g/mol. The number of hydrogen-bond donors (Lipinski definition) is 1. The van der Waals surface area contributed by atoms with E-state index in [9.17, 15) is 4.79 Å². The first-order chi connectivity index (χ1) is 13.2. The number of nitrogens with one attached hydrogen (secondary N) is 1. The van der Waals surface area contributed by atoms with Crippen LogP contribution in [0.5, 0.6) is 5.75 Å². The number of hydrogen-bond acceptors (Lipinski definition) is 4. The van der Waals surface area contributed by atoms with Gasteiger partial charge in [0, 0.05) is 30.6 Å². The van der Waals surface area contributed by atoms with Gasteiger partial charge in [-0.1, -0.05) is 13.3 Å². The summed E-state index contributed by atoms with van der Waals surface area (Å²) >= 11 is 0. The fourth-order valence-electron chi connectivity index (χ4n) is 2.72. The number of rotatable bonds is 8. The largest absolute Gasteiger partial charge is 0.494 e. The number of unbranched alkanes of at least 4 members (excludes halogenated alkanes) is 1. The Bertz CT molecular complexity index is 873. The maximum Gasteiger partial charge on any atom is 0.251 e. The average molecular weight is 364 g/mol. The third-order valence-corrected chi connectivity index (χ3v) is 4.22. The molecule has 0 fully saturated rings. The fourth-order valence-corrected chi connectivity index (χ4v) is 2.72. The van der Waals surface area contributed by atoms with Crippen LogP contribution in [0.4, 0.5) is 0 Å². The van der Waals surface area contributed by atoms with Crippen LogP contribution < -0.4 is 10.1 Å². The number of aromatic nitrogens is 3. The topological polar surface area (TPSA) is 69.0 Å². The molecule has 6 heteroatoms. The molecule has 0 aliphatic heterocycles. The first-order valence-electron chi connectivity index (χ1n) is 9.11. The Morgan fingerprint density at radius 2 is 1.89 bits per heavy atom. The van der Waals surface area contributed by atoms with Crippen LogP contribution in [0, 0.1) is 0 Å². The molecule has 27 heavy (non-hydrogen) atoms. The normalized spacial score (nSPS) is 10.6. The second-order valence-corrected chi connectivity index (χ2v) is 6.29. The van der Waals surface area contributed by atoms with E-state index in [1.807, 2.05) is 37.4 Å². The number of carbonyl (C=O) groups excluding carboxylic acids is 1. The molecule has 0 spiro atoms. The van der Waals surface area contributed by atoms with E-state index in [4.69, 9.17) is 4.74 Å². The lowest BCUT2D eigenvalue weighted by molar-refractivity contribution is 0.0950. The van der Waals surface area contributed by atoms with Gasteiger partial charge in [-0.2, -0.15) is 5.10 Å². The predicted octanol–water partition coefficient (Wildman–Crippen LogP) is 3.59.